The van der Waals surface area contributed by atoms with E-state index in [1.165, 1.54) is 43.2 Å². The Morgan fingerprint density at radius 3 is 2.44 bits per heavy atom. The third-order valence-electron chi connectivity index (χ3n) is 4.21. The van der Waals surface area contributed by atoms with E-state index in [0.29, 0.717) is 6.04 Å². The summed E-state index contributed by atoms with van der Waals surface area (Å²) in [4.78, 5) is 0. The zero-order chi connectivity index (χ0) is 12.8. The molecule has 0 bridgehead atoms. The normalized spacial score (nSPS) is 23.8. The Bertz CT molecular complexity index is 360. The van der Waals surface area contributed by atoms with Crippen molar-refractivity contribution in [2.75, 3.05) is 6.54 Å². The maximum atomic E-state index is 4.18. The van der Waals surface area contributed by atoms with Crippen LogP contribution in [0.4, 0.5) is 0 Å². The van der Waals surface area contributed by atoms with Crippen LogP contribution in [0.25, 0.3) is 5.57 Å². The summed E-state index contributed by atoms with van der Waals surface area (Å²) in [5.41, 5.74) is 2.46. The molecule has 1 aliphatic rings. The molecule has 0 amide bonds. The topological polar surface area (TPSA) is 12.0 Å². The molecule has 1 aromatic rings. The summed E-state index contributed by atoms with van der Waals surface area (Å²) in [6, 6.07) is 11.2. The molecule has 1 aliphatic carbocycles. The van der Waals surface area contributed by atoms with Crippen molar-refractivity contribution in [3.05, 3.63) is 42.5 Å². The minimum absolute atomic E-state index is 0.702. The largest absolute Gasteiger partial charge is 0.310 e. The highest BCUT2D eigenvalue weighted by Crippen LogP contribution is 2.26. The van der Waals surface area contributed by atoms with E-state index in [4.69, 9.17) is 0 Å². The maximum absolute atomic E-state index is 4.18. The second-order valence-corrected chi connectivity index (χ2v) is 5.48. The van der Waals surface area contributed by atoms with E-state index in [1.807, 2.05) is 0 Å². The Morgan fingerprint density at radius 1 is 1.17 bits per heavy atom. The van der Waals surface area contributed by atoms with Gasteiger partial charge in [-0.25, -0.2) is 0 Å². The average Bonchev–Trinajstić information content (AvgIpc) is 2.46. The summed E-state index contributed by atoms with van der Waals surface area (Å²) in [7, 11) is 0. The predicted octanol–water partition coefficient (Wildman–Crippen LogP) is 4.26. The summed E-state index contributed by atoms with van der Waals surface area (Å²) in [5.74, 6) is 0.973. The van der Waals surface area contributed by atoms with Gasteiger partial charge >= 0.3 is 0 Å². The predicted molar refractivity (Wildman–Crippen MR) is 79.5 cm³/mol. The minimum Gasteiger partial charge on any atom is -0.310 e. The van der Waals surface area contributed by atoms with Crippen molar-refractivity contribution in [3.63, 3.8) is 0 Å². The molecule has 0 aliphatic heterocycles. The smallest absolute Gasteiger partial charge is 0.0208 e. The van der Waals surface area contributed by atoms with Gasteiger partial charge in [0.1, 0.15) is 0 Å². The molecule has 98 valence electrons. The van der Waals surface area contributed by atoms with Gasteiger partial charge in [0.25, 0.3) is 0 Å². The lowest BCUT2D eigenvalue weighted by Gasteiger charge is -2.28. The quantitative estimate of drug-likeness (QED) is 0.815. The van der Waals surface area contributed by atoms with Gasteiger partial charge in [0.2, 0.25) is 0 Å². The fourth-order valence-corrected chi connectivity index (χ4v) is 2.82. The van der Waals surface area contributed by atoms with Crippen LogP contribution >= 0.6 is 0 Å². The molecule has 0 saturated heterocycles. The summed E-state index contributed by atoms with van der Waals surface area (Å²) < 4.78 is 0. The Labute approximate surface area is 111 Å². The van der Waals surface area contributed by atoms with Gasteiger partial charge < -0.3 is 5.32 Å². The van der Waals surface area contributed by atoms with E-state index in [2.05, 4.69) is 49.2 Å². The van der Waals surface area contributed by atoms with Gasteiger partial charge in [-0.2, -0.15) is 0 Å². The molecular weight excluding hydrogens is 218 g/mol. The molecule has 0 heterocycles. The van der Waals surface area contributed by atoms with Crippen LogP contribution in [0.2, 0.25) is 0 Å². The molecule has 0 unspecified atom stereocenters. The zero-order valence-corrected chi connectivity index (χ0v) is 11.5. The number of benzene rings is 1. The number of rotatable bonds is 5. The summed E-state index contributed by atoms with van der Waals surface area (Å²) in [6.07, 6.45) is 6.81. The molecule has 0 aromatic heterocycles. The molecule has 2 rings (SSSR count). The Hall–Kier alpha value is -1.08. The van der Waals surface area contributed by atoms with Crippen LogP contribution < -0.4 is 5.32 Å². The van der Waals surface area contributed by atoms with E-state index in [9.17, 15) is 0 Å². The van der Waals surface area contributed by atoms with Gasteiger partial charge in [0.05, 0.1) is 0 Å². The Balaban J connectivity index is 1.74. The highest BCUT2D eigenvalue weighted by Gasteiger charge is 2.19. The molecule has 1 saturated carbocycles. The van der Waals surface area contributed by atoms with Gasteiger partial charge in [0.15, 0.2) is 0 Å². The maximum Gasteiger partial charge on any atom is 0.0208 e. The van der Waals surface area contributed by atoms with Crippen molar-refractivity contribution in [2.45, 2.75) is 45.1 Å². The van der Waals surface area contributed by atoms with E-state index >= 15 is 0 Å². The number of hydrogen-bond acceptors (Lipinski definition) is 1. The lowest BCUT2D eigenvalue weighted by Crippen LogP contribution is -2.34. The van der Waals surface area contributed by atoms with E-state index in [0.717, 1.165) is 12.5 Å². The first kappa shape index (κ1) is 13.4. The molecular formula is C17H25N. The van der Waals surface area contributed by atoms with Crippen molar-refractivity contribution in [1.82, 2.24) is 5.32 Å². The third kappa shape index (κ3) is 3.71. The third-order valence-corrected chi connectivity index (χ3v) is 4.21. The van der Waals surface area contributed by atoms with Crippen molar-refractivity contribution >= 4 is 5.57 Å². The monoisotopic (exact) mass is 243 g/mol. The Kier molecular flexibility index (Phi) is 5.00. The van der Waals surface area contributed by atoms with Crippen molar-refractivity contribution < 1.29 is 0 Å². The molecule has 1 nitrogen and oxygen atoms in total. The molecule has 1 fully saturated rings. The second kappa shape index (κ2) is 6.75. The van der Waals surface area contributed by atoms with Crippen molar-refractivity contribution in [3.8, 4) is 0 Å². The first-order valence-electron chi connectivity index (χ1n) is 7.26. The van der Waals surface area contributed by atoms with Gasteiger partial charge in [-0.05, 0) is 42.7 Å². The lowest BCUT2D eigenvalue weighted by atomic mass is 9.84. The van der Waals surface area contributed by atoms with Gasteiger partial charge in [-0.3, -0.25) is 0 Å². The van der Waals surface area contributed by atoms with E-state index in [1.54, 1.807) is 0 Å². The highest BCUT2D eigenvalue weighted by molar-refractivity contribution is 5.64. The lowest BCUT2D eigenvalue weighted by molar-refractivity contribution is 0.292. The highest BCUT2D eigenvalue weighted by atomic mass is 14.9. The Morgan fingerprint density at radius 2 is 1.83 bits per heavy atom. The molecule has 1 aromatic carbocycles. The van der Waals surface area contributed by atoms with Crippen LogP contribution in [-0.2, 0) is 0 Å². The summed E-state index contributed by atoms with van der Waals surface area (Å²) >= 11 is 0. The van der Waals surface area contributed by atoms with Crippen molar-refractivity contribution in [2.24, 2.45) is 5.92 Å². The minimum atomic E-state index is 0.702. The average molecular weight is 243 g/mol. The zero-order valence-electron chi connectivity index (χ0n) is 11.5. The molecule has 1 N–H and O–H groups in total. The number of hydrogen-bond donors (Lipinski definition) is 1. The SMILES string of the molecule is C=C(CNC1CCC(CC)CC1)c1ccccc1. The standard InChI is InChI=1S/C17H25N/c1-3-15-9-11-17(12-10-15)18-13-14(2)16-7-5-4-6-8-16/h4-8,15,17-18H,2-3,9-13H2,1H3. The fraction of sp³-hybridized carbons (Fsp3) is 0.529. The second-order valence-electron chi connectivity index (χ2n) is 5.48. The molecule has 1 heteroatoms. The van der Waals surface area contributed by atoms with Crippen LogP contribution in [0.15, 0.2) is 36.9 Å². The van der Waals surface area contributed by atoms with E-state index in [-0.39, 0.29) is 0 Å². The number of nitrogens with one attached hydrogen (secondary N) is 1. The van der Waals surface area contributed by atoms with Crippen LogP contribution in [0.3, 0.4) is 0 Å². The van der Waals surface area contributed by atoms with Crippen LogP contribution in [0.5, 0.6) is 0 Å². The summed E-state index contributed by atoms with van der Waals surface area (Å²) in [6.45, 7) is 7.42. The first-order chi connectivity index (χ1) is 8.79. The van der Waals surface area contributed by atoms with Gasteiger partial charge in [-0.1, -0.05) is 50.3 Å². The first-order valence-corrected chi connectivity index (χ1v) is 7.26. The van der Waals surface area contributed by atoms with Gasteiger partial charge in [0, 0.05) is 12.6 Å². The van der Waals surface area contributed by atoms with Gasteiger partial charge in [-0.15, -0.1) is 0 Å². The van der Waals surface area contributed by atoms with Crippen LogP contribution in [0.1, 0.15) is 44.6 Å². The summed E-state index contributed by atoms with van der Waals surface area (Å²) in [5, 5.41) is 3.66. The van der Waals surface area contributed by atoms with E-state index < -0.39 is 0 Å². The van der Waals surface area contributed by atoms with Crippen molar-refractivity contribution in [1.29, 1.82) is 0 Å². The fourth-order valence-electron chi connectivity index (χ4n) is 2.82. The molecule has 18 heavy (non-hydrogen) atoms. The molecule has 0 radical (unpaired) electrons. The van der Waals surface area contributed by atoms with Crippen LogP contribution in [-0.4, -0.2) is 12.6 Å². The van der Waals surface area contributed by atoms with Crippen LogP contribution in [0, 0.1) is 5.92 Å². The molecule has 0 atom stereocenters. The molecule has 0 spiro atoms.